The topological polar surface area (TPSA) is 41.5 Å². The van der Waals surface area contributed by atoms with Crippen molar-refractivity contribution in [3.8, 4) is 11.5 Å². The van der Waals surface area contributed by atoms with E-state index in [0.29, 0.717) is 24.3 Å². The number of halogens is 8. The van der Waals surface area contributed by atoms with E-state index in [1.165, 1.54) is 0 Å². The van der Waals surface area contributed by atoms with Crippen LogP contribution in [0.4, 0.5) is 40.8 Å². The zero-order chi connectivity index (χ0) is 22.1. The largest absolute Gasteiger partial charge is 0.482 e. The van der Waals surface area contributed by atoms with Crippen LogP contribution in [0.3, 0.4) is 0 Å². The van der Waals surface area contributed by atoms with Crippen LogP contribution in [-0.2, 0) is 0 Å². The van der Waals surface area contributed by atoms with Gasteiger partial charge in [0.2, 0.25) is 0 Å². The molecule has 3 rings (SSSR count). The van der Waals surface area contributed by atoms with E-state index in [1.807, 2.05) is 13.8 Å². The van der Waals surface area contributed by atoms with E-state index in [-0.39, 0.29) is 0 Å². The summed E-state index contributed by atoms with van der Waals surface area (Å²) in [5.74, 6) is -7.86. The molecule has 0 heterocycles. The Labute approximate surface area is 159 Å². The fourth-order valence-corrected chi connectivity index (χ4v) is 2.76. The fourth-order valence-electron chi connectivity index (χ4n) is 2.76. The number of anilines is 1. The summed E-state index contributed by atoms with van der Waals surface area (Å²) >= 11 is 0. The minimum Gasteiger partial charge on any atom is -0.457 e. The second-order valence-corrected chi connectivity index (χ2v) is 5.71. The number of alkyl halides is 6. The average molecular weight is 429 g/mol. The Kier molecular flexibility index (Phi) is 6.31. The van der Waals surface area contributed by atoms with E-state index in [9.17, 15) is 40.2 Å². The summed E-state index contributed by atoms with van der Waals surface area (Å²) in [6, 6.07) is 3.16. The molecule has 1 aliphatic carbocycles. The van der Waals surface area contributed by atoms with Crippen LogP contribution in [0.5, 0.6) is 11.5 Å². The number of aliphatic hydroxyl groups excluding tert-OH is 1. The van der Waals surface area contributed by atoms with E-state index in [2.05, 4.69) is 0 Å². The summed E-state index contributed by atoms with van der Waals surface area (Å²) in [6.45, 7) is 4.00. The number of aliphatic hydroxyl groups is 1. The van der Waals surface area contributed by atoms with Crippen molar-refractivity contribution in [3.05, 3.63) is 53.1 Å². The van der Waals surface area contributed by atoms with Crippen LogP contribution in [0.15, 0.2) is 30.3 Å². The summed E-state index contributed by atoms with van der Waals surface area (Å²) in [4.78, 5) is 0. The van der Waals surface area contributed by atoms with Crippen molar-refractivity contribution in [2.75, 3.05) is 5.32 Å². The monoisotopic (exact) mass is 429 g/mol. The molecule has 29 heavy (non-hydrogen) atoms. The molecule has 2 aromatic rings. The first-order valence-electron chi connectivity index (χ1n) is 8.25. The van der Waals surface area contributed by atoms with Gasteiger partial charge in [0.05, 0.1) is 0 Å². The average Bonchev–Trinajstić information content (AvgIpc) is 2.78. The van der Waals surface area contributed by atoms with Crippen molar-refractivity contribution >= 4 is 5.69 Å². The van der Waals surface area contributed by atoms with Gasteiger partial charge in [0.25, 0.3) is 0 Å². The number of fused-ring (bicyclic) bond motifs is 1. The van der Waals surface area contributed by atoms with Gasteiger partial charge in [0, 0.05) is 35.0 Å². The van der Waals surface area contributed by atoms with E-state index in [4.69, 9.17) is 4.74 Å². The van der Waals surface area contributed by atoms with Crippen LogP contribution in [-0.4, -0.2) is 17.3 Å². The van der Waals surface area contributed by atoms with Crippen molar-refractivity contribution in [1.29, 1.82) is 0 Å². The molecule has 3 nitrogen and oxygen atoms in total. The zero-order valence-corrected chi connectivity index (χ0v) is 14.9. The molecule has 0 aromatic heterocycles. The predicted octanol–water partition coefficient (Wildman–Crippen LogP) is 6.41. The highest BCUT2D eigenvalue weighted by Gasteiger charge is 2.58. The summed E-state index contributed by atoms with van der Waals surface area (Å²) in [5.41, 5.74) is -3.10. The van der Waals surface area contributed by atoms with Gasteiger partial charge in [-0.25, -0.2) is 13.2 Å². The molecule has 0 saturated heterocycles. The molecular weight excluding hydrogens is 414 g/mol. The maximum absolute atomic E-state index is 14.2. The number of hydrogen-bond donors (Lipinski definition) is 2. The van der Waals surface area contributed by atoms with Gasteiger partial charge in [0.15, 0.2) is 6.17 Å². The van der Waals surface area contributed by atoms with Crippen LogP contribution in [0.1, 0.15) is 37.3 Å². The number of nitrogens with one attached hydrogen (secondary N) is 1. The van der Waals surface area contributed by atoms with Crippen molar-refractivity contribution in [1.82, 2.24) is 0 Å². The zero-order valence-electron chi connectivity index (χ0n) is 14.9. The maximum Gasteiger partial charge on any atom is 0.482 e. The Bertz CT molecular complexity index is 865. The van der Waals surface area contributed by atoms with Gasteiger partial charge in [-0.1, -0.05) is 13.8 Å². The molecule has 1 aliphatic rings. The van der Waals surface area contributed by atoms with Crippen molar-refractivity contribution < 1.29 is 45.0 Å². The lowest BCUT2D eigenvalue weighted by molar-refractivity contribution is -0.143. The van der Waals surface area contributed by atoms with Crippen LogP contribution in [0, 0.1) is 11.6 Å². The molecule has 11 heteroatoms. The Hall–Kier alpha value is -2.56. The highest BCUT2D eigenvalue weighted by molar-refractivity contribution is 5.65. The molecule has 160 valence electrons. The molecule has 0 saturated carbocycles. The number of hydrogen-bond acceptors (Lipinski definition) is 3. The second-order valence-electron chi connectivity index (χ2n) is 5.71. The molecule has 0 bridgehead atoms. The minimum atomic E-state index is -5.05. The third kappa shape index (κ3) is 4.55. The first-order valence-corrected chi connectivity index (χ1v) is 8.25. The smallest absolute Gasteiger partial charge is 0.457 e. The Morgan fingerprint density at radius 1 is 1.00 bits per heavy atom. The van der Waals surface area contributed by atoms with Gasteiger partial charge in [0.1, 0.15) is 29.2 Å². The minimum absolute atomic E-state index is 0.490. The fraction of sp³-hybridized carbons (Fsp3) is 0.333. The molecule has 0 spiro atoms. The molecule has 2 unspecified atom stereocenters. The normalized spacial score (nSPS) is 19.8. The molecule has 2 aromatic carbocycles. The lowest BCUT2D eigenvalue weighted by Gasteiger charge is -2.18. The molecule has 0 fully saturated rings. The first kappa shape index (κ1) is 22.7. The third-order valence-corrected chi connectivity index (χ3v) is 3.82. The van der Waals surface area contributed by atoms with Gasteiger partial charge in [-0.2, -0.15) is 22.0 Å². The Morgan fingerprint density at radius 3 is 2.07 bits per heavy atom. The van der Waals surface area contributed by atoms with E-state index >= 15 is 0 Å². The number of rotatable bonds is 3. The van der Waals surface area contributed by atoms with Crippen molar-refractivity contribution in [2.45, 2.75) is 38.3 Å². The summed E-state index contributed by atoms with van der Waals surface area (Å²) in [7, 11) is 0. The SMILES string of the molecule is CC.OC1c2c(NC(F)(F)F)ccc(Oc3cc(F)cc(F)c3)c2C(F)C1(F)F. The van der Waals surface area contributed by atoms with Gasteiger partial charge in [-0.05, 0) is 12.1 Å². The molecular formula is C18H15F8NO2. The Morgan fingerprint density at radius 2 is 1.55 bits per heavy atom. The van der Waals surface area contributed by atoms with Crippen molar-refractivity contribution in [2.24, 2.45) is 0 Å². The predicted molar refractivity (Wildman–Crippen MR) is 87.7 cm³/mol. The lowest BCUT2D eigenvalue weighted by atomic mass is 10.1. The van der Waals surface area contributed by atoms with Crippen LogP contribution in [0.25, 0.3) is 0 Å². The van der Waals surface area contributed by atoms with Gasteiger partial charge in [-0.3, -0.25) is 5.32 Å². The Balaban J connectivity index is 0.00000145. The summed E-state index contributed by atoms with van der Waals surface area (Å²) < 4.78 is 111. The van der Waals surface area contributed by atoms with E-state index in [0.717, 1.165) is 11.4 Å². The highest BCUT2D eigenvalue weighted by Crippen LogP contribution is 2.58. The van der Waals surface area contributed by atoms with Gasteiger partial charge in [-0.15, -0.1) is 0 Å². The van der Waals surface area contributed by atoms with Crippen LogP contribution >= 0.6 is 0 Å². The number of ether oxygens (including phenoxy) is 1. The van der Waals surface area contributed by atoms with Gasteiger partial charge < -0.3 is 9.84 Å². The third-order valence-electron chi connectivity index (χ3n) is 3.82. The summed E-state index contributed by atoms with van der Waals surface area (Å²) in [5, 5.41) is 10.6. The van der Waals surface area contributed by atoms with E-state index < -0.39 is 64.4 Å². The number of benzene rings is 2. The molecule has 0 amide bonds. The molecule has 2 atom stereocenters. The molecule has 0 aliphatic heterocycles. The first-order chi connectivity index (χ1) is 13.4. The van der Waals surface area contributed by atoms with E-state index in [1.54, 1.807) is 0 Å². The second kappa shape index (κ2) is 8.05. The van der Waals surface area contributed by atoms with Gasteiger partial charge >= 0.3 is 12.2 Å². The van der Waals surface area contributed by atoms with Crippen LogP contribution in [0.2, 0.25) is 0 Å². The standard InChI is InChI=1S/C16H9F8NO2.C2H6/c17-6-3-7(18)5-8(4-6)27-10-2-1-9(25-16(22,23)24)11-12(10)13(19)15(20,21)14(11)26;1-2/h1-5,13-14,25-26H;1-2H3. The quantitative estimate of drug-likeness (QED) is 0.438. The lowest BCUT2D eigenvalue weighted by Crippen LogP contribution is -2.25. The van der Waals surface area contributed by atoms with Crippen molar-refractivity contribution in [3.63, 3.8) is 0 Å². The molecule has 2 N–H and O–H groups in total. The maximum atomic E-state index is 14.2. The molecule has 0 radical (unpaired) electrons. The van der Waals surface area contributed by atoms with Crippen LogP contribution < -0.4 is 10.1 Å². The highest BCUT2D eigenvalue weighted by atomic mass is 19.4. The summed E-state index contributed by atoms with van der Waals surface area (Å²) in [6.07, 6.45) is -11.1.